The Labute approximate surface area is 300 Å². The molecule has 0 aliphatic rings. The van der Waals surface area contributed by atoms with Crippen molar-refractivity contribution in [1.29, 1.82) is 0 Å². The number of para-hydroxylation sites is 5. The summed E-state index contributed by atoms with van der Waals surface area (Å²) in [5, 5.41) is 10.4. The molecule has 7 aromatic carbocycles. The average molecular weight is 686 g/mol. The molecule has 5 aromatic heterocycles. The number of thiophene rings is 2. The highest BCUT2D eigenvalue weighted by Gasteiger charge is 2.23. The van der Waals surface area contributed by atoms with Crippen LogP contribution in [0.3, 0.4) is 0 Å². The van der Waals surface area contributed by atoms with E-state index in [4.69, 9.17) is 0 Å². The Bertz CT molecular complexity index is 3060. The lowest BCUT2D eigenvalue weighted by Gasteiger charge is -2.09. The third-order valence-corrected chi connectivity index (χ3v) is 13.0. The first-order chi connectivity index (χ1) is 25.3. The molecule has 0 spiro atoms. The van der Waals surface area contributed by atoms with Crippen molar-refractivity contribution in [2.24, 2.45) is 0 Å². The number of hydrogen-bond acceptors (Lipinski definition) is 2. The molecule has 5 heterocycles. The molecular formula is C46H27N3S2. The number of benzene rings is 7. The highest BCUT2D eigenvalue weighted by Crippen LogP contribution is 2.49. The number of hydrogen-bond donors (Lipinski definition) is 0. The quantitative estimate of drug-likeness (QED) is 0.176. The second-order valence-corrected chi connectivity index (χ2v) is 15.4. The molecule has 238 valence electrons. The SMILES string of the molecule is c1ccc(-n2c3sc4ccc(-n5c6ccccc6c6ccccc65)cc4c3c3c4cc(-n5c6ccccc6c6ccccc65)ccc4sc32)cc1. The first-order valence-electron chi connectivity index (χ1n) is 17.3. The Morgan fingerprint density at radius 3 is 1.08 bits per heavy atom. The van der Waals surface area contributed by atoms with Gasteiger partial charge in [0, 0.05) is 69.6 Å². The molecule has 0 unspecified atom stereocenters. The predicted molar refractivity (Wildman–Crippen MR) is 220 cm³/mol. The fourth-order valence-electron chi connectivity index (χ4n) is 8.53. The molecule has 0 atom stereocenters. The van der Waals surface area contributed by atoms with Gasteiger partial charge in [-0.1, -0.05) is 91.0 Å². The standard InChI is InChI=1S/C46H27N3S2/c1-2-12-28(13-3-1)49-45-43(35-26-29(22-24-41(35)50-45)47-37-18-8-4-14-31(37)32-15-5-9-19-38(32)47)44-36-27-30(23-25-42(36)51-46(44)49)48-39-20-10-6-16-33(39)34-17-7-11-21-40(34)48/h1-27H. The van der Waals surface area contributed by atoms with Gasteiger partial charge in [0.05, 0.1) is 22.1 Å². The molecule has 0 radical (unpaired) electrons. The summed E-state index contributed by atoms with van der Waals surface area (Å²) in [6.45, 7) is 0. The van der Waals surface area contributed by atoms with Gasteiger partial charge in [-0.05, 0) is 72.8 Å². The van der Waals surface area contributed by atoms with E-state index in [1.165, 1.54) is 101 Å². The van der Waals surface area contributed by atoms with Crippen molar-refractivity contribution < 1.29 is 0 Å². The van der Waals surface area contributed by atoms with Crippen LogP contribution in [-0.2, 0) is 0 Å². The predicted octanol–water partition coefficient (Wildman–Crippen LogP) is 13.4. The summed E-state index contributed by atoms with van der Waals surface area (Å²) in [6.07, 6.45) is 0. The maximum Gasteiger partial charge on any atom is 0.110 e. The fraction of sp³-hybridized carbons (Fsp3) is 0. The second kappa shape index (κ2) is 10.2. The third-order valence-electron chi connectivity index (χ3n) is 10.7. The van der Waals surface area contributed by atoms with Crippen molar-refractivity contribution in [3.63, 3.8) is 0 Å². The molecule has 0 saturated heterocycles. The molecule has 51 heavy (non-hydrogen) atoms. The van der Waals surface area contributed by atoms with E-state index in [1.54, 1.807) is 0 Å². The van der Waals surface area contributed by atoms with E-state index in [0.717, 1.165) is 0 Å². The lowest BCUT2D eigenvalue weighted by molar-refractivity contribution is 1.19. The van der Waals surface area contributed by atoms with Crippen molar-refractivity contribution in [3.8, 4) is 17.1 Å². The van der Waals surface area contributed by atoms with Crippen LogP contribution in [0, 0.1) is 0 Å². The topological polar surface area (TPSA) is 14.8 Å². The van der Waals surface area contributed by atoms with Gasteiger partial charge in [-0.15, -0.1) is 22.7 Å². The van der Waals surface area contributed by atoms with E-state index in [1.807, 2.05) is 22.7 Å². The van der Waals surface area contributed by atoms with Crippen LogP contribution in [-0.4, -0.2) is 13.7 Å². The summed E-state index contributed by atoms with van der Waals surface area (Å²) < 4.78 is 9.97. The number of nitrogens with zero attached hydrogens (tertiary/aromatic N) is 3. The van der Waals surface area contributed by atoms with E-state index in [2.05, 4.69) is 177 Å². The van der Waals surface area contributed by atoms with Crippen molar-refractivity contribution in [3.05, 3.63) is 164 Å². The van der Waals surface area contributed by atoms with E-state index in [0.29, 0.717) is 0 Å². The molecule has 3 nitrogen and oxygen atoms in total. The van der Waals surface area contributed by atoms with Crippen LogP contribution in [0.1, 0.15) is 0 Å². The molecule has 5 heteroatoms. The summed E-state index contributed by atoms with van der Waals surface area (Å²) in [5.41, 5.74) is 8.49. The molecule has 12 aromatic rings. The van der Waals surface area contributed by atoms with Crippen molar-refractivity contribution in [2.75, 3.05) is 0 Å². The molecule has 0 fully saturated rings. The molecule has 0 amide bonds. The number of aromatic nitrogens is 3. The second-order valence-electron chi connectivity index (χ2n) is 13.3. The highest BCUT2D eigenvalue weighted by atomic mass is 32.1. The van der Waals surface area contributed by atoms with E-state index in [-0.39, 0.29) is 0 Å². The smallest absolute Gasteiger partial charge is 0.110 e. The molecule has 0 aliphatic heterocycles. The number of fused-ring (bicyclic) bond motifs is 13. The van der Waals surface area contributed by atoms with Gasteiger partial charge < -0.3 is 9.13 Å². The van der Waals surface area contributed by atoms with Gasteiger partial charge in [0.2, 0.25) is 0 Å². The highest BCUT2D eigenvalue weighted by molar-refractivity contribution is 7.28. The van der Waals surface area contributed by atoms with Crippen LogP contribution >= 0.6 is 22.7 Å². The van der Waals surface area contributed by atoms with Gasteiger partial charge in [0.25, 0.3) is 0 Å². The Balaban J connectivity index is 1.20. The zero-order chi connectivity index (χ0) is 33.2. The van der Waals surface area contributed by atoms with Crippen LogP contribution in [0.4, 0.5) is 0 Å². The van der Waals surface area contributed by atoms with Crippen LogP contribution in [0.5, 0.6) is 0 Å². The van der Waals surface area contributed by atoms with Crippen molar-refractivity contribution >= 4 is 107 Å². The van der Waals surface area contributed by atoms with Gasteiger partial charge in [0.15, 0.2) is 0 Å². The minimum atomic E-state index is 1.19. The molecule has 0 saturated carbocycles. The molecule has 0 aliphatic carbocycles. The van der Waals surface area contributed by atoms with E-state index in [9.17, 15) is 0 Å². The van der Waals surface area contributed by atoms with E-state index >= 15 is 0 Å². The largest absolute Gasteiger partial charge is 0.309 e. The zero-order valence-corrected chi connectivity index (χ0v) is 28.9. The van der Waals surface area contributed by atoms with Gasteiger partial charge in [-0.25, -0.2) is 0 Å². The third kappa shape index (κ3) is 3.71. The van der Waals surface area contributed by atoms with Crippen LogP contribution in [0.2, 0.25) is 0 Å². The molecular weight excluding hydrogens is 659 g/mol. The Morgan fingerprint density at radius 1 is 0.294 bits per heavy atom. The van der Waals surface area contributed by atoms with Crippen molar-refractivity contribution in [2.45, 2.75) is 0 Å². The first kappa shape index (κ1) is 27.7. The van der Waals surface area contributed by atoms with E-state index < -0.39 is 0 Å². The Hall–Kier alpha value is -6.14. The van der Waals surface area contributed by atoms with Crippen molar-refractivity contribution in [1.82, 2.24) is 13.7 Å². The Morgan fingerprint density at radius 2 is 0.667 bits per heavy atom. The monoisotopic (exact) mass is 685 g/mol. The lowest BCUT2D eigenvalue weighted by atomic mass is 10.1. The fourth-order valence-corrected chi connectivity index (χ4v) is 11.0. The zero-order valence-electron chi connectivity index (χ0n) is 27.2. The van der Waals surface area contributed by atoms with Gasteiger partial charge in [0.1, 0.15) is 9.66 Å². The maximum absolute atomic E-state index is 2.50. The Kier molecular flexibility index (Phi) is 5.53. The van der Waals surface area contributed by atoms with Gasteiger partial charge in [-0.2, -0.15) is 0 Å². The first-order valence-corrected chi connectivity index (χ1v) is 18.9. The lowest BCUT2D eigenvalue weighted by Crippen LogP contribution is -1.93. The number of rotatable bonds is 3. The summed E-state index contributed by atoms with van der Waals surface area (Å²) in [6, 6.07) is 60.1. The average Bonchev–Trinajstić information content (AvgIpc) is 3.97. The van der Waals surface area contributed by atoms with Gasteiger partial charge in [-0.3, -0.25) is 4.57 Å². The van der Waals surface area contributed by atoms with Crippen LogP contribution in [0.15, 0.2) is 164 Å². The van der Waals surface area contributed by atoms with Crippen LogP contribution in [0.25, 0.3) is 101 Å². The molecule has 12 rings (SSSR count). The summed E-state index contributed by atoms with van der Waals surface area (Å²) in [4.78, 5) is 2.59. The minimum Gasteiger partial charge on any atom is -0.309 e. The van der Waals surface area contributed by atoms with Gasteiger partial charge >= 0.3 is 0 Å². The minimum absolute atomic E-state index is 1.19. The summed E-state index contributed by atoms with van der Waals surface area (Å²) in [5.74, 6) is 0. The summed E-state index contributed by atoms with van der Waals surface area (Å²) in [7, 11) is 0. The summed E-state index contributed by atoms with van der Waals surface area (Å²) >= 11 is 3.79. The maximum atomic E-state index is 2.50. The van der Waals surface area contributed by atoms with Crippen LogP contribution < -0.4 is 0 Å². The molecule has 0 bridgehead atoms. The molecule has 0 N–H and O–H groups in total. The normalized spacial score (nSPS) is 12.3.